The summed E-state index contributed by atoms with van der Waals surface area (Å²) in [4.78, 5) is 32.7. The number of carboxylic acids is 1. The van der Waals surface area contributed by atoms with Crippen molar-refractivity contribution in [3.63, 3.8) is 0 Å². The molecule has 0 unspecified atom stereocenters. The summed E-state index contributed by atoms with van der Waals surface area (Å²) in [5, 5.41) is 22.2. The van der Waals surface area contributed by atoms with Crippen LogP contribution in [0.15, 0.2) is 0 Å². The Bertz CT molecular complexity index is 290. The van der Waals surface area contributed by atoms with E-state index in [4.69, 9.17) is 10.2 Å². The molecule has 0 aliphatic heterocycles. The Morgan fingerprint density at radius 3 is 1.94 bits per heavy atom. The summed E-state index contributed by atoms with van der Waals surface area (Å²) in [6.45, 7) is 3.91. The smallest absolute Gasteiger partial charge is 0.328 e. The molecule has 4 N–H and O–H groups in total. The lowest BCUT2D eigenvalue weighted by molar-refractivity contribution is -0.145. The van der Waals surface area contributed by atoms with Gasteiger partial charge in [-0.3, -0.25) is 9.59 Å². The molecule has 7 heteroatoms. The second-order valence-corrected chi connectivity index (χ2v) is 3.49. The largest absolute Gasteiger partial charge is 0.480 e. The van der Waals surface area contributed by atoms with Crippen molar-refractivity contribution in [3.8, 4) is 0 Å². The lowest BCUT2D eigenvalue weighted by atomic mass is 10.1. The van der Waals surface area contributed by atoms with Crippen molar-refractivity contribution in [2.24, 2.45) is 0 Å². The molecule has 0 bridgehead atoms. The fourth-order valence-electron chi connectivity index (χ4n) is 1.04. The van der Waals surface area contributed by atoms with Crippen LogP contribution in [-0.4, -0.2) is 46.2 Å². The molecule has 0 aromatic heterocycles. The van der Waals surface area contributed by atoms with Gasteiger partial charge in [0, 0.05) is 6.92 Å². The monoisotopic (exact) mass is 232 g/mol. The maximum absolute atomic E-state index is 11.4. The molecule has 0 saturated heterocycles. The third kappa shape index (κ3) is 4.74. The molecule has 0 rings (SSSR count). The number of hydrogen-bond acceptors (Lipinski definition) is 4. The Balaban J connectivity index is 4.40. The second-order valence-electron chi connectivity index (χ2n) is 3.49. The third-order valence-electron chi connectivity index (χ3n) is 1.86. The zero-order valence-electron chi connectivity index (χ0n) is 9.35. The fourth-order valence-corrected chi connectivity index (χ4v) is 1.04. The van der Waals surface area contributed by atoms with Crippen molar-refractivity contribution >= 4 is 17.8 Å². The normalized spacial score (nSPS) is 15.8. The molecular formula is C9H16N2O5. The van der Waals surface area contributed by atoms with Crippen LogP contribution in [0.1, 0.15) is 20.8 Å². The molecule has 16 heavy (non-hydrogen) atoms. The number of carbonyl (C=O) groups is 3. The van der Waals surface area contributed by atoms with Crippen LogP contribution in [0.3, 0.4) is 0 Å². The lowest BCUT2D eigenvalue weighted by Gasteiger charge is -2.19. The van der Waals surface area contributed by atoms with Crippen molar-refractivity contribution in [3.05, 3.63) is 0 Å². The number of aliphatic hydroxyl groups is 1. The standard InChI is InChI=1S/C9H16N2O5/c1-4(10-6(3)13)8(14)11-7(5(2)12)9(15)16/h4-5,7,12H,1-3H3,(H,10,13)(H,11,14)(H,15,16)/t4-,5+,7-/m0/s1. The molecule has 0 radical (unpaired) electrons. The van der Waals surface area contributed by atoms with E-state index >= 15 is 0 Å². The lowest BCUT2D eigenvalue weighted by Crippen LogP contribution is -2.53. The van der Waals surface area contributed by atoms with Gasteiger partial charge >= 0.3 is 5.97 Å². The number of carboxylic acid groups (broad SMARTS) is 1. The highest BCUT2D eigenvalue weighted by molar-refractivity contribution is 5.89. The molecule has 0 aliphatic carbocycles. The molecule has 0 aliphatic rings. The van der Waals surface area contributed by atoms with Gasteiger partial charge in [-0.1, -0.05) is 0 Å². The first-order valence-corrected chi connectivity index (χ1v) is 4.74. The Labute approximate surface area is 92.8 Å². The molecule has 0 spiro atoms. The molecule has 0 aromatic rings. The third-order valence-corrected chi connectivity index (χ3v) is 1.86. The molecule has 0 saturated carbocycles. The molecule has 0 fully saturated rings. The summed E-state index contributed by atoms with van der Waals surface area (Å²) >= 11 is 0. The number of nitrogens with one attached hydrogen (secondary N) is 2. The van der Waals surface area contributed by atoms with E-state index in [1.54, 1.807) is 0 Å². The minimum absolute atomic E-state index is 0.397. The first-order valence-electron chi connectivity index (χ1n) is 4.74. The van der Waals surface area contributed by atoms with Crippen LogP contribution in [0.4, 0.5) is 0 Å². The van der Waals surface area contributed by atoms with Crippen LogP contribution < -0.4 is 10.6 Å². The van der Waals surface area contributed by atoms with E-state index in [0.717, 1.165) is 0 Å². The van der Waals surface area contributed by atoms with Gasteiger partial charge in [-0.05, 0) is 13.8 Å². The quantitative estimate of drug-likeness (QED) is 0.458. The first-order chi connectivity index (χ1) is 7.25. The van der Waals surface area contributed by atoms with Crippen LogP contribution in [-0.2, 0) is 14.4 Å². The van der Waals surface area contributed by atoms with Crippen molar-refractivity contribution in [1.29, 1.82) is 0 Å². The Kier molecular flexibility index (Phi) is 5.44. The summed E-state index contributed by atoms with van der Waals surface area (Å²) in [7, 11) is 0. The summed E-state index contributed by atoms with van der Waals surface area (Å²) in [5.74, 6) is -2.39. The zero-order chi connectivity index (χ0) is 12.9. The Morgan fingerprint density at radius 2 is 1.62 bits per heavy atom. The topological polar surface area (TPSA) is 116 Å². The van der Waals surface area contributed by atoms with E-state index in [-0.39, 0.29) is 0 Å². The van der Waals surface area contributed by atoms with E-state index in [2.05, 4.69) is 10.6 Å². The predicted molar refractivity (Wildman–Crippen MR) is 54.5 cm³/mol. The van der Waals surface area contributed by atoms with Gasteiger partial charge in [0.2, 0.25) is 11.8 Å². The molecule has 92 valence electrons. The van der Waals surface area contributed by atoms with Gasteiger partial charge in [-0.2, -0.15) is 0 Å². The minimum Gasteiger partial charge on any atom is -0.480 e. The van der Waals surface area contributed by atoms with E-state index in [1.165, 1.54) is 20.8 Å². The maximum Gasteiger partial charge on any atom is 0.328 e. The van der Waals surface area contributed by atoms with Crippen molar-refractivity contribution in [2.75, 3.05) is 0 Å². The van der Waals surface area contributed by atoms with Gasteiger partial charge in [0.25, 0.3) is 0 Å². The Morgan fingerprint density at radius 1 is 1.12 bits per heavy atom. The van der Waals surface area contributed by atoms with Crippen LogP contribution in [0.2, 0.25) is 0 Å². The highest BCUT2D eigenvalue weighted by atomic mass is 16.4. The van der Waals surface area contributed by atoms with Crippen molar-refractivity contribution in [2.45, 2.75) is 39.0 Å². The van der Waals surface area contributed by atoms with Crippen LogP contribution in [0.25, 0.3) is 0 Å². The Hall–Kier alpha value is -1.63. The highest BCUT2D eigenvalue weighted by Gasteiger charge is 2.27. The molecule has 0 aromatic carbocycles. The second kappa shape index (κ2) is 6.06. The number of hydrogen-bond donors (Lipinski definition) is 4. The van der Waals surface area contributed by atoms with Gasteiger partial charge in [-0.25, -0.2) is 4.79 Å². The predicted octanol–water partition coefficient (Wildman–Crippen LogP) is -1.54. The number of aliphatic carboxylic acids is 1. The van der Waals surface area contributed by atoms with Crippen molar-refractivity contribution < 1.29 is 24.6 Å². The summed E-state index contributed by atoms with van der Waals surface area (Å²) in [5.41, 5.74) is 0. The molecule has 2 amide bonds. The van der Waals surface area contributed by atoms with Gasteiger partial charge < -0.3 is 20.8 Å². The van der Waals surface area contributed by atoms with Crippen LogP contribution in [0.5, 0.6) is 0 Å². The molecule has 0 heterocycles. The average molecular weight is 232 g/mol. The van der Waals surface area contributed by atoms with Gasteiger partial charge in [-0.15, -0.1) is 0 Å². The summed E-state index contributed by atoms with van der Waals surface area (Å²) < 4.78 is 0. The van der Waals surface area contributed by atoms with Gasteiger partial charge in [0.15, 0.2) is 6.04 Å². The van der Waals surface area contributed by atoms with Gasteiger partial charge in [0.1, 0.15) is 6.04 Å². The molecule has 7 nitrogen and oxygen atoms in total. The average Bonchev–Trinajstić information content (AvgIpc) is 2.11. The zero-order valence-corrected chi connectivity index (χ0v) is 9.35. The molecule has 3 atom stereocenters. The number of amides is 2. The van der Waals surface area contributed by atoms with Crippen molar-refractivity contribution in [1.82, 2.24) is 10.6 Å². The highest BCUT2D eigenvalue weighted by Crippen LogP contribution is 1.94. The number of rotatable bonds is 5. The van der Waals surface area contributed by atoms with E-state index in [0.29, 0.717) is 0 Å². The minimum atomic E-state index is -1.39. The molecular weight excluding hydrogens is 216 g/mol. The van der Waals surface area contributed by atoms with E-state index < -0.39 is 36.0 Å². The fraction of sp³-hybridized carbons (Fsp3) is 0.667. The number of aliphatic hydroxyl groups excluding tert-OH is 1. The maximum atomic E-state index is 11.4. The number of carbonyl (C=O) groups excluding carboxylic acids is 2. The SMILES string of the molecule is CC(=O)N[C@@H](C)C(=O)N[C@H](C(=O)O)[C@@H](C)O. The summed E-state index contributed by atoms with van der Waals surface area (Å²) in [6.07, 6.45) is -1.22. The van der Waals surface area contributed by atoms with Crippen LogP contribution in [0, 0.1) is 0 Å². The summed E-state index contributed by atoms with van der Waals surface area (Å²) in [6, 6.07) is -2.23. The first kappa shape index (κ1) is 14.4. The van der Waals surface area contributed by atoms with Crippen LogP contribution >= 0.6 is 0 Å². The van der Waals surface area contributed by atoms with E-state index in [9.17, 15) is 14.4 Å². The van der Waals surface area contributed by atoms with Gasteiger partial charge in [0.05, 0.1) is 6.10 Å². The van der Waals surface area contributed by atoms with E-state index in [1.807, 2.05) is 0 Å².